The van der Waals surface area contributed by atoms with Crippen LogP contribution in [0.25, 0.3) is 0 Å². The van der Waals surface area contributed by atoms with E-state index in [9.17, 15) is 13.2 Å². The lowest BCUT2D eigenvalue weighted by Gasteiger charge is -2.34. The molecule has 0 aliphatic carbocycles. The fraction of sp³-hybridized carbons (Fsp3) is 0.211. The molecule has 1 N–H and O–H groups in total. The van der Waals surface area contributed by atoms with Gasteiger partial charge in [0.1, 0.15) is 5.75 Å². The molecule has 1 unspecified atom stereocenters. The van der Waals surface area contributed by atoms with Crippen molar-refractivity contribution >= 4 is 49.8 Å². The number of anilines is 2. The van der Waals surface area contributed by atoms with Gasteiger partial charge in [0.15, 0.2) is 10.4 Å². The molecule has 2 aromatic carbocycles. The first kappa shape index (κ1) is 20.6. The standard InChI is InChI=1S/C19H18N4O4S3/c1-12-8-9-14-15(10-12)27-16(17(24)20-18-21-22-19(28-2)29-18)11-23(14)30(25,26)13-6-4-3-5-7-13/h3-10,16H,11H2,1-2H3,(H,20,21,24). The number of carbonyl (C=O) groups excluding carboxylic acids is 1. The Bertz CT molecular complexity index is 1180. The second kappa shape index (κ2) is 8.25. The second-order valence-electron chi connectivity index (χ2n) is 6.49. The van der Waals surface area contributed by atoms with Crippen LogP contribution in [0, 0.1) is 6.92 Å². The normalized spacial score (nSPS) is 15.9. The van der Waals surface area contributed by atoms with E-state index in [2.05, 4.69) is 15.5 Å². The minimum Gasteiger partial charge on any atom is -0.476 e. The maximum absolute atomic E-state index is 13.3. The Balaban J connectivity index is 1.67. The van der Waals surface area contributed by atoms with Gasteiger partial charge in [-0.05, 0) is 43.0 Å². The molecule has 2 heterocycles. The van der Waals surface area contributed by atoms with Crippen molar-refractivity contribution < 1.29 is 17.9 Å². The largest absolute Gasteiger partial charge is 0.476 e. The van der Waals surface area contributed by atoms with Gasteiger partial charge in [-0.3, -0.25) is 14.4 Å². The monoisotopic (exact) mass is 462 g/mol. The van der Waals surface area contributed by atoms with Gasteiger partial charge < -0.3 is 4.74 Å². The van der Waals surface area contributed by atoms with Gasteiger partial charge in [-0.25, -0.2) is 8.42 Å². The smallest absolute Gasteiger partial charge is 0.269 e. The summed E-state index contributed by atoms with van der Waals surface area (Å²) in [4.78, 5) is 13.0. The third-order valence-corrected chi connectivity index (χ3v) is 8.03. The summed E-state index contributed by atoms with van der Waals surface area (Å²) in [5, 5.41) is 10.9. The predicted molar refractivity (Wildman–Crippen MR) is 117 cm³/mol. The molecule has 0 spiro atoms. The van der Waals surface area contributed by atoms with Crippen molar-refractivity contribution in [2.75, 3.05) is 22.4 Å². The van der Waals surface area contributed by atoms with Crippen LogP contribution in [0.15, 0.2) is 57.8 Å². The van der Waals surface area contributed by atoms with Crippen molar-refractivity contribution in [1.82, 2.24) is 10.2 Å². The summed E-state index contributed by atoms with van der Waals surface area (Å²) >= 11 is 2.66. The van der Waals surface area contributed by atoms with Gasteiger partial charge in [0.2, 0.25) is 5.13 Å². The van der Waals surface area contributed by atoms with E-state index in [0.717, 1.165) is 5.56 Å². The van der Waals surface area contributed by atoms with Crippen molar-refractivity contribution in [3.05, 3.63) is 54.1 Å². The Morgan fingerprint density at radius 2 is 2.00 bits per heavy atom. The molecule has 1 aliphatic rings. The van der Waals surface area contributed by atoms with E-state index < -0.39 is 22.0 Å². The van der Waals surface area contributed by atoms with Crippen molar-refractivity contribution in [2.24, 2.45) is 0 Å². The molecule has 1 aromatic heterocycles. The van der Waals surface area contributed by atoms with E-state index >= 15 is 0 Å². The number of aryl methyl sites for hydroxylation is 1. The molecule has 0 radical (unpaired) electrons. The number of nitrogens with one attached hydrogen (secondary N) is 1. The summed E-state index contributed by atoms with van der Waals surface area (Å²) in [7, 11) is -3.88. The highest BCUT2D eigenvalue weighted by Gasteiger charge is 2.37. The van der Waals surface area contributed by atoms with Crippen LogP contribution in [0.1, 0.15) is 5.56 Å². The summed E-state index contributed by atoms with van der Waals surface area (Å²) < 4.78 is 34.4. The summed E-state index contributed by atoms with van der Waals surface area (Å²) in [6, 6.07) is 13.3. The number of aromatic nitrogens is 2. The average molecular weight is 463 g/mol. The highest BCUT2D eigenvalue weighted by molar-refractivity contribution is 8.00. The van der Waals surface area contributed by atoms with E-state index in [1.807, 2.05) is 13.2 Å². The molecule has 8 nitrogen and oxygen atoms in total. The van der Waals surface area contributed by atoms with Crippen LogP contribution in [-0.4, -0.2) is 43.4 Å². The molecule has 0 saturated heterocycles. The quantitative estimate of drug-likeness (QED) is 0.459. The van der Waals surface area contributed by atoms with E-state index in [0.29, 0.717) is 20.9 Å². The van der Waals surface area contributed by atoms with Gasteiger partial charge in [-0.2, -0.15) is 0 Å². The molecular weight excluding hydrogens is 444 g/mol. The van der Waals surface area contributed by atoms with E-state index in [1.165, 1.54) is 39.5 Å². The lowest BCUT2D eigenvalue weighted by atomic mass is 10.1. The molecule has 0 saturated carbocycles. The third kappa shape index (κ3) is 4.00. The summed E-state index contributed by atoms with van der Waals surface area (Å²) in [6.45, 7) is 1.71. The van der Waals surface area contributed by atoms with Gasteiger partial charge in [-0.15, -0.1) is 10.2 Å². The Morgan fingerprint density at radius 1 is 1.23 bits per heavy atom. The average Bonchev–Trinajstić information content (AvgIpc) is 3.20. The number of hydrogen-bond acceptors (Lipinski definition) is 8. The topological polar surface area (TPSA) is 101 Å². The Kier molecular flexibility index (Phi) is 5.67. The molecule has 0 fully saturated rings. The number of nitrogens with zero attached hydrogens (tertiary/aromatic N) is 3. The molecule has 1 amide bonds. The van der Waals surface area contributed by atoms with Crippen molar-refractivity contribution in [3.8, 4) is 5.75 Å². The number of benzene rings is 2. The second-order valence-corrected chi connectivity index (χ2v) is 10.4. The number of sulfonamides is 1. The SMILES string of the molecule is CSc1nnc(NC(=O)C2CN(S(=O)(=O)c3ccccc3)c3ccc(C)cc3O2)s1. The summed E-state index contributed by atoms with van der Waals surface area (Å²) in [5.41, 5.74) is 1.29. The highest BCUT2D eigenvalue weighted by atomic mass is 32.2. The first-order chi connectivity index (χ1) is 14.4. The van der Waals surface area contributed by atoms with Gasteiger partial charge in [-0.1, -0.05) is 47.4 Å². The first-order valence-electron chi connectivity index (χ1n) is 8.92. The maximum Gasteiger partial charge on any atom is 0.269 e. The molecular formula is C19H18N4O4S3. The van der Waals surface area contributed by atoms with Crippen LogP contribution in [0.2, 0.25) is 0 Å². The van der Waals surface area contributed by atoms with Gasteiger partial charge >= 0.3 is 0 Å². The number of amides is 1. The van der Waals surface area contributed by atoms with Crippen LogP contribution in [0.4, 0.5) is 10.8 Å². The zero-order chi connectivity index (χ0) is 21.3. The molecule has 0 bridgehead atoms. The number of ether oxygens (including phenoxy) is 1. The first-order valence-corrected chi connectivity index (χ1v) is 12.4. The number of rotatable bonds is 5. The zero-order valence-corrected chi connectivity index (χ0v) is 18.6. The molecule has 1 atom stereocenters. The van der Waals surface area contributed by atoms with E-state index in [1.54, 1.807) is 36.4 Å². The zero-order valence-electron chi connectivity index (χ0n) is 16.1. The Morgan fingerprint density at radius 3 is 2.70 bits per heavy atom. The van der Waals surface area contributed by atoms with Crippen molar-refractivity contribution in [2.45, 2.75) is 22.3 Å². The molecule has 1 aliphatic heterocycles. The number of fused-ring (bicyclic) bond motifs is 1. The van der Waals surface area contributed by atoms with Crippen LogP contribution >= 0.6 is 23.1 Å². The predicted octanol–water partition coefficient (Wildman–Crippen LogP) is 3.16. The van der Waals surface area contributed by atoms with E-state index in [4.69, 9.17) is 4.74 Å². The number of carbonyl (C=O) groups is 1. The van der Waals surface area contributed by atoms with Gasteiger partial charge in [0, 0.05) is 0 Å². The molecule has 11 heteroatoms. The lowest BCUT2D eigenvalue weighted by Crippen LogP contribution is -2.48. The van der Waals surface area contributed by atoms with Crippen LogP contribution in [0.3, 0.4) is 0 Å². The maximum atomic E-state index is 13.3. The Hall–Kier alpha value is -2.63. The third-order valence-electron chi connectivity index (χ3n) is 4.42. The molecule has 3 aromatic rings. The highest BCUT2D eigenvalue weighted by Crippen LogP contribution is 2.38. The lowest BCUT2D eigenvalue weighted by molar-refractivity contribution is -0.122. The minimum absolute atomic E-state index is 0.145. The molecule has 156 valence electrons. The van der Waals surface area contributed by atoms with Crippen LogP contribution < -0.4 is 14.4 Å². The minimum atomic E-state index is -3.88. The summed E-state index contributed by atoms with van der Waals surface area (Å²) in [5.74, 6) is -0.151. The fourth-order valence-electron chi connectivity index (χ4n) is 2.97. The van der Waals surface area contributed by atoms with Crippen molar-refractivity contribution in [3.63, 3.8) is 0 Å². The van der Waals surface area contributed by atoms with Gasteiger partial charge in [0.25, 0.3) is 15.9 Å². The van der Waals surface area contributed by atoms with Crippen LogP contribution in [-0.2, 0) is 14.8 Å². The van der Waals surface area contributed by atoms with Crippen LogP contribution in [0.5, 0.6) is 5.75 Å². The molecule has 4 rings (SSSR count). The van der Waals surface area contributed by atoms with E-state index in [-0.39, 0.29) is 11.4 Å². The fourth-order valence-corrected chi connectivity index (χ4v) is 5.64. The summed E-state index contributed by atoms with van der Waals surface area (Å²) in [6.07, 6.45) is 0.821. The molecule has 30 heavy (non-hydrogen) atoms. The van der Waals surface area contributed by atoms with Crippen molar-refractivity contribution in [1.29, 1.82) is 0 Å². The van der Waals surface area contributed by atoms with Gasteiger partial charge in [0.05, 0.1) is 17.1 Å². The number of thioether (sulfide) groups is 1. The number of hydrogen-bond donors (Lipinski definition) is 1. The Labute approximate surface area is 182 Å².